The zero-order valence-electron chi connectivity index (χ0n) is 11.5. The van der Waals surface area contributed by atoms with E-state index in [-0.39, 0.29) is 0 Å². The lowest BCUT2D eigenvalue weighted by atomic mass is 10.1. The first kappa shape index (κ1) is 14.1. The molecule has 0 aliphatic heterocycles. The average molecular weight is 235 g/mol. The molecular formula is C14H25N3. The zero-order chi connectivity index (χ0) is 12.7. The molecule has 0 bridgehead atoms. The van der Waals surface area contributed by atoms with Crippen LogP contribution in [0.4, 0.5) is 0 Å². The van der Waals surface area contributed by atoms with E-state index >= 15 is 0 Å². The Balaban J connectivity index is 2.16. The molecule has 0 radical (unpaired) electrons. The maximum Gasteiger partial charge on any atom is 0.0541 e. The summed E-state index contributed by atoms with van der Waals surface area (Å²) in [6.45, 7) is 9.75. The van der Waals surface area contributed by atoms with Crippen LogP contribution in [0.25, 0.3) is 0 Å². The normalized spacial score (nSPS) is 13.3. The van der Waals surface area contributed by atoms with Crippen molar-refractivity contribution in [3.8, 4) is 0 Å². The van der Waals surface area contributed by atoms with Crippen molar-refractivity contribution in [2.24, 2.45) is 5.92 Å². The molecule has 0 spiro atoms. The first-order valence-corrected chi connectivity index (χ1v) is 6.42. The van der Waals surface area contributed by atoms with Crippen molar-refractivity contribution in [3.63, 3.8) is 0 Å². The highest BCUT2D eigenvalue weighted by Crippen LogP contribution is 2.06. The van der Waals surface area contributed by atoms with E-state index in [1.807, 2.05) is 24.4 Å². The molecular weight excluding hydrogens is 210 g/mol. The number of aromatic nitrogens is 1. The van der Waals surface area contributed by atoms with E-state index in [1.54, 1.807) is 0 Å². The molecule has 0 amide bonds. The third-order valence-corrected chi connectivity index (χ3v) is 3.33. The van der Waals surface area contributed by atoms with Crippen LogP contribution in [0, 0.1) is 5.92 Å². The van der Waals surface area contributed by atoms with Gasteiger partial charge < -0.3 is 10.2 Å². The molecule has 3 heteroatoms. The van der Waals surface area contributed by atoms with Crippen LogP contribution in [0.1, 0.15) is 26.5 Å². The summed E-state index contributed by atoms with van der Waals surface area (Å²) in [7, 11) is 2.19. The second-order valence-electron chi connectivity index (χ2n) is 4.96. The molecule has 1 heterocycles. The van der Waals surface area contributed by atoms with Crippen molar-refractivity contribution in [2.75, 3.05) is 20.1 Å². The smallest absolute Gasteiger partial charge is 0.0541 e. The molecule has 1 aromatic rings. The van der Waals surface area contributed by atoms with Gasteiger partial charge in [0.05, 0.1) is 5.69 Å². The second-order valence-corrected chi connectivity index (χ2v) is 4.96. The van der Waals surface area contributed by atoms with E-state index in [4.69, 9.17) is 0 Å². The second kappa shape index (κ2) is 7.41. The number of rotatable bonds is 7. The minimum absolute atomic E-state index is 0.631. The lowest BCUT2D eigenvalue weighted by molar-refractivity contribution is 0.208. The van der Waals surface area contributed by atoms with Gasteiger partial charge >= 0.3 is 0 Å². The Morgan fingerprint density at radius 3 is 2.65 bits per heavy atom. The fourth-order valence-electron chi connectivity index (χ4n) is 1.69. The van der Waals surface area contributed by atoms with Crippen molar-refractivity contribution in [3.05, 3.63) is 30.1 Å². The molecule has 0 aromatic carbocycles. The lowest BCUT2D eigenvalue weighted by Crippen LogP contribution is -2.38. The molecule has 1 aromatic heterocycles. The highest BCUT2D eigenvalue weighted by molar-refractivity contribution is 5.02. The van der Waals surface area contributed by atoms with E-state index < -0.39 is 0 Å². The molecule has 1 rings (SSSR count). The molecule has 17 heavy (non-hydrogen) atoms. The maximum atomic E-state index is 4.28. The minimum atomic E-state index is 0.631. The summed E-state index contributed by atoms with van der Waals surface area (Å²) >= 11 is 0. The van der Waals surface area contributed by atoms with Crippen LogP contribution in [0.15, 0.2) is 24.4 Å². The van der Waals surface area contributed by atoms with E-state index in [0.29, 0.717) is 12.0 Å². The van der Waals surface area contributed by atoms with Gasteiger partial charge in [-0.1, -0.05) is 19.9 Å². The zero-order valence-corrected chi connectivity index (χ0v) is 11.5. The summed E-state index contributed by atoms with van der Waals surface area (Å²) in [6, 6.07) is 6.65. The van der Waals surface area contributed by atoms with Gasteiger partial charge in [-0.3, -0.25) is 4.98 Å². The molecule has 96 valence electrons. The van der Waals surface area contributed by atoms with Gasteiger partial charge in [0.15, 0.2) is 0 Å². The Morgan fingerprint density at radius 2 is 2.06 bits per heavy atom. The van der Waals surface area contributed by atoms with Gasteiger partial charge in [-0.15, -0.1) is 0 Å². The van der Waals surface area contributed by atoms with Crippen LogP contribution in [0.3, 0.4) is 0 Å². The Hall–Kier alpha value is -0.930. The van der Waals surface area contributed by atoms with Gasteiger partial charge in [-0.2, -0.15) is 0 Å². The van der Waals surface area contributed by atoms with E-state index in [0.717, 1.165) is 25.3 Å². The average Bonchev–Trinajstić information content (AvgIpc) is 2.34. The van der Waals surface area contributed by atoms with E-state index in [9.17, 15) is 0 Å². The molecule has 0 fully saturated rings. The van der Waals surface area contributed by atoms with Crippen LogP contribution in [-0.4, -0.2) is 36.1 Å². The Kier molecular flexibility index (Phi) is 6.16. The third kappa shape index (κ3) is 5.29. The highest BCUT2D eigenvalue weighted by atomic mass is 15.1. The van der Waals surface area contributed by atoms with Gasteiger partial charge in [-0.05, 0) is 32.0 Å². The molecule has 1 unspecified atom stereocenters. The first-order chi connectivity index (χ1) is 8.11. The van der Waals surface area contributed by atoms with Crippen LogP contribution >= 0.6 is 0 Å². The van der Waals surface area contributed by atoms with E-state index in [1.165, 1.54) is 0 Å². The van der Waals surface area contributed by atoms with Crippen LogP contribution in [-0.2, 0) is 6.54 Å². The molecule has 1 N–H and O–H groups in total. The predicted molar refractivity (Wildman–Crippen MR) is 72.9 cm³/mol. The van der Waals surface area contributed by atoms with Crippen LogP contribution < -0.4 is 5.32 Å². The number of pyridine rings is 1. The number of nitrogens with one attached hydrogen (secondary N) is 1. The fraction of sp³-hybridized carbons (Fsp3) is 0.643. The number of nitrogens with zero attached hydrogens (tertiary/aromatic N) is 2. The summed E-state index contributed by atoms with van der Waals surface area (Å²) in [5.41, 5.74) is 1.10. The maximum absolute atomic E-state index is 4.28. The third-order valence-electron chi connectivity index (χ3n) is 3.33. The number of hydrogen-bond donors (Lipinski definition) is 1. The molecule has 0 saturated carbocycles. The Morgan fingerprint density at radius 1 is 1.29 bits per heavy atom. The fourth-order valence-corrected chi connectivity index (χ4v) is 1.69. The van der Waals surface area contributed by atoms with Crippen molar-refractivity contribution < 1.29 is 0 Å². The van der Waals surface area contributed by atoms with Crippen molar-refractivity contribution in [1.29, 1.82) is 0 Å². The van der Waals surface area contributed by atoms with Crippen LogP contribution in [0.2, 0.25) is 0 Å². The predicted octanol–water partition coefficient (Wildman–Crippen LogP) is 2.15. The monoisotopic (exact) mass is 235 g/mol. The quantitative estimate of drug-likeness (QED) is 0.734. The standard InChI is InChI=1S/C14H25N3/c1-12(2)13(3)17(4)10-9-15-11-14-7-5-6-8-16-14/h5-8,12-13,15H,9-11H2,1-4H3. The largest absolute Gasteiger partial charge is 0.310 e. The van der Waals surface area contributed by atoms with E-state index in [2.05, 4.69) is 43.0 Å². The summed E-state index contributed by atoms with van der Waals surface area (Å²) < 4.78 is 0. The molecule has 0 saturated heterocycles. The van der Waals surface area contributed by atoms with Gasteiger partial charge in [-0.25, -0.2) is 0 Å². The molecule has 1 atom stereocenters. The summed E-state index contributed by atoms with van der Waals surface area (Å²) in [5.74, 6) is 0.704. The first-order valence-electron chi connectivity index (χ1n) is 6.42. The van der Waals surface area contributed by atoms with Gasteiger partial charge in [0.25, 0.3) is 0 Å². The highest BCUT2D eigenvalue weighted by Gasteiger charge is 2.11. The summed E-state index contributed by atoms with van der Waals surface area (Å²) in [6.07, 6.45) is 1.84. The van der Waals surface area contributed by atoms with Gasteiger partial charge in [0.2, 0.25) is 0 Å². The number of likely N-dealkylation sites (N-methyl/N-ethyl adjacent to an activating group) is 1. The molecule has 0 aliphatic rings. The van der Waals surface area contributed by atoms with Crippen molar-refractivity contribution >= 4 is 0 Å². The van der Waals surface area contributed by atoms with Crippen molar-refractivity contribution in [1.82, 2.24) is 15.2 Å². The van der Waals surface area contributed by atoms with Gasteiger partial charge in [0.1, 0.15) is 0 Å². The summed E-state index contributed by atoms with van der Waals surface area (Å²) in [5, 5.41) is 3.42. The molecule has 3 nitrogen and oxygen atoms in total. The van der Waals surface area contributed by atoms with Crippen molar-refractivity contribution in [2.45, 2.75) is 33.4 Å². The Bertz CT molecular complexity index is 298. The van der Waals surface area contributed by atoms with Gasteiger partial charge in [0, 0.05) is 31.9 Å². The molecule has 0 aliphatic carbocycles. The lowest BCUT2D eigenvalue weighted by Gasteiger charge is -2.27. The Labute approximate surface area is 105 Å². The van der Waals surface area contributed by atoms with Crippen LogP contribution in [0.5, 0.6) is 0 Å². The number of hydrogen-bond acceptors (Lipinski definition) is 3. The SMILES string of the molecule is CC(C)C(C)N(C)CCNCc1ccccn1. The topological polar surface area (TPSA) is 28.2 Å². The summed E-state index contributed by atoms with van der Waals surface area (Å²) in [4.78, 5) is 6.68. The minimum Gasteiger partial charge on any atom is -0.310 e.